The maximum absolute atomic E-state index is 13.0. The second kappa shape index (κ2) is 6.85. The fraction of sp³-hybridized carbons (Fsp3) is 0.0769. The quantitative estimate of drug-likeness (QED) is 0.299. The van der Waals surface area contributed by atoms with Gasteiger partial charge in [0.05, 0.1) is 16.7 Å². The molecule has 114 valence electrons. The van der Waals surface area contributed by atoms with Crippen LogP contribution in [0.3, 0.4) is 0 Å². The number of nitrogens with zero attached hydrogens (tertiary/aromatic N) is 2. The molecule has 1 heterocycles. The second-order valence-corrected chi connectivity index (χ2v) is 5.12. The van der Waals surface area contributed by atoms with Crippen LogP contribution in [0, 0.1) is 21.1 Å². The Balaban J connectivity index is 2.04. The van der Waals surface area contributed by atoms with Crippen LogP contribution in [0.25, 0.3) is 0 Å². The van der Waals surface area contributed by atoms with E-state index >= 15 is 0 Å². The Hall–Kier alpha value is -2.68. The summed E-state index contributed by atoms with van der Waals surface area (Å²) in [6.45, 7) is 0. The smallest absolute Gasteiger partial charge is 0.295 e. The molecule has 1 amide bonds. The van der Waals surface area contributed by atoms with Crippen LogP contribution < -0.4 is 10.0 Å². The van der Waals surface area contributed by atoms with Crippen molar-refractivity contribution in [2.24, 2.45) is 0 Å². The molecule has 0 aliphatic rings. The summed E-state index contributed by atoms with van der Waals surface area (Å²) < 4.78 is 13.6. The zero-order chi connectivity index (χ0) is 16.1. The normalized spacial score (nSPS) is 10.2. The van der Waals surface area contributed by atoms with Crippen LogP contribution in [0.2, 0.25) is 0 Å². The summed E-state index contributed by atoms with van der Waals surface area (Å²) in [4.78, 5) is 21.8. The highest BCUT2D eigenvalue weighted by molar-refractivity contribution is 7.99. The first-order valence-corrected chi connectivity index (χ1v) is 7.00. The minimum absolute atomic E-state index is 0.0972. The minimum Gasteiger partial charge on any atom is -0.618 e. The molecule has 2 aromatic rings. The lowest BCUT2D eigenvalue weighted by atomic mass is 10.2. The molecule has 0 spiro atoms. The number of amides is 1. The lowest BCUT2D eigenvalue weighted by Crippen LogP contribution is -2.28. The fourth-order valence-electron chi connectivity index (χ4n) is 1.61. The Bertz CT molecular complexity index is 726. The van der Waals surface area contributed by atoms with E-state index in [1.807, 2.05) is 0 Å². The Morgan fingerprint density at radius 1 is 1.36 bits per heavy atom. The molecule has 0 aliphatic heterocycles. The molecule has 1 aromatic heterocycles. The standard InChI is InChI=1S/C13H10FN3O4S/c14-9-4-5-10(11(7-9)17(20)21)15-12(18)8-22-13-3-1-2-6-16(13)19/h1-7H,8H2,(H,15,18). The molecule has 9 heteroatoms. The molecule has 2 rings (SSSR count). The first kappa shape index (κ1) is 15.7. The van der Waals surface area contributed by atoms with Crippen LogP contribution in [0.1, 0.15) is 0 Å². The van der Waals surface area contributed by atoms with Gasteiger partial charge in [0.15, 0.2) is 6.20 Å². The van der Waals surface area contributed by atoms with Gasteiger partial charge in [-0.2, -0.15) is 4.73 Å². The van der Waals surface area contributed by atoms with E-state index in [1.54, 1.807) is 18.2 Å². The highest BCUT2D eigenvalue weighted by atomic mass is 32.2. The van der Waals surface area contributed by atoms with Gasteiger partial charge in [-0.1, -0.05) is 0 Å². The molecule has 0 saturated carbocycles. The van der Waals surface area contributed by atoms with Crippen LogP contribution in [-0.2, 0) is 4.79 Å². The van der Waals surface area contributed by atoms with Crippen molar-refractivity contribution in [2.75, 3.05) is 11.1 Å². The van der Waals surface area contributed by atoms with Gasteiger partial charge < -0.3 is 10.5 Å². The van der Waals surface area contributed by atoms with Crippen LogP contribution in [0.15, 0.2) is 47.6 Å². The predicted octanol–water partition coefficient (Wildman–Crippen LogP) is 2.10. The van der Waals surface area contributed by atoms with Gasteiger partial charge in [0.25, 0.3) is 10.7 Å². The number of hydrogen-bond acceptors (Lipinski definition) is 5. The summed E-state index contributed by atoms with van der Waals surface area (Å²) in [7, 11) is 0. The number of pyridine rings is 1. The van der Waals surface area contributed by atoms with Crippen LogP contribution in [0.5, 0.6) is 0 Å². The van der Waals surface area contributed by atoms with Gasteiger partial charge in [0, 0.05) is 12.1 Å². The summed E-state index contributed by atoms with van der Waals surface area (Å²) in [5.41, 5.74) is -0.628. The zero-order valence-corrected chi connectivity index (χ0v) is 11.9. The van der Waals surface area contributed by atoms with E-state index < -0.39 is 22.3 Å². The van der Waals surface area contributed by atoms with Crippen molar-refractivity contribution in [3.8, 4) is 0 Å². The van der Waals surface area contributed by atoms with Crippen molar-refractivity contribution in [1.82, 2.24) is 0 Å². The third-order valence-corrected chi connectivity index (χ3v) is 3.59. The predicted molar refractivity (Wildman–Crippen MR) is 77.8 cm³/mol. The molecule has 0 unspecified atom stereocenters. The van der Waals surface area contributed by atoms with E-state index in [4.69, 9.17) is 0 Å². The van der Waals surface area contributed by atoms with Crippen molar-refractivity contribution >= 4 is 29.0 Å². The number of hydrogen-bond donors (Lipinski definition) is 1. The Kier molecular flexibility index (Phi) is 4.89. The Morgan fingerprint density at radius 3 is 2.82 bits per heavy atom. The largest absolute Gasteiger partial charge is 0.618 e. The zero-order valence-electron chi connectivity index (χ0n) is 11.1. The topological polar surface area (TPSA) is 99.2 Å². The van der Waals surface area contributed by atoms with Gasteiger partial charge in [-0.3, -0.25) is 14.9 Å². The van der Waals surface area contributed by atoms with E-state index in [9.17, 15) is 24.5 Å². The lowest BCUT2D eigenvalue weighted by Gasteiger charge is -2.06. The van der Waals surface area contributed by atoms with E-state index in [1.165, 1.54) is 6.20 Å². The number of carbonyl (C=O) groups is 1. The Morgan fingerprint density at radius 2 is 2.14 bits per heavy atom. The van der Waals surface area contributed by atoms with Gasteiger partial charge in [-0.25, -0.2) is 4.39 Å². The second-order valence-electron chi connectivity index (χ2n) is 4.12. The molecular formula is C13H10FN3O4S. The molecule has 22 heavy (non-hydrogen) atoms. The first-order chi connectivity index (χ1) is 10.5. The number of benzene rings is 1. The van der Waals surface area contributed by atoms with Gasteiger partial charge in [0.2, 0.25) is 5.91 Å². The number of aromatic nitrogens is 1. The molecule has 0 bridgehead atoms. The van der Waals surface area contributed by atoms with Gasteiger partial charge >= 0.3 is 0 Å². The molecular weight excluding hydrogens is 313 g/mol. The van der Waals surface area contributed by atoms with E-state index in [0.717, 1.165) is 30.0 Å². The maximum atomic E-state index is 13.0. The molecule has 0 saturated heterocycles. The third-order valence-electron chi connectivity index (χ3n) is 2.57. The van der Waals surface area contributed by atoms with Crippen LogP contribution in [0.4, 0.5) is 15.8 Å². The molecule has 7 nitrogen and oxygen atoms in total. The number of carbonyl (C=O) groups excluding carboxylic acids is 1. The van der Waals surface area contributed by atoms with E-state index in [0.29, 0.717) is 9.76 Å². The molecule has 0 aliphatic carbocycles. The number of rotatable bonds is 5. The van der Waals surface area contributed by atoms with Gasteiger partial charge in [-0.05, 0) is 30.0 Å². The van der Waals surface area contributed by atoms with Crippen molar-refractivity contribution < 1.29 is 18.8 Å². The molecule has 0 radical (unpaired) electrons. The Labute approximate surface area is 128 Å². The monoisotopic (exact) mass is 323 g/mol. The summed E-state index contributed by atoms with van der Waals surface area (Å²) in [5.74, 6) is -1.42. The molecule has 0 atom stereocenters. The average molecular weight is 323 g/mol. The summed E-state index contributed by atoms with van der Waals surface area (Å²) in [5, 5.41) is 24.9. The van der Waals surface area contributed by atoms with E-state index in [-0.39, 0.29) is 11.4 Å². The summed E-state index contributed by atoms with van der Waals surface area (Å²) >= 11 is 0.986. The van der Waals surface area contributed by atoms with Crippen molar-refractivity contribution in [3.63, 3.8) is 0 Å². The highest BCUT2D eigenvalue weighted by Crippen LogP contribution is 2.25. The highest BCUT2D eigenvalue weighted by Gasteiger charge is 2.17. The lowest BCUT2D eigenvalue weighted by molar-refractivity contribution is -0.645. The molecule has 0 fully saturated rings. The maximum Gasteiger partial charge on any atom is 0.295 e. The third kappa shape index (κ3) is 3.92. The summed E-state index contributed by atoms with van der Waals surface area (Å²) in [6, 6.07) is 7.61. The number of nitro benzene ring substituents is 1. The van der Waals surface area contributed by atoms with Gasteiger partial charge in [0.1, 0.15) is 11.5 Å². The van der Waals surface area contributed by atoms with Crippen molar-refractivity contribution in [3.05, 3.63) is 63.7 Å². The van der Waals surface area contributed by atoms with Crippen LogP contribution >= 0.6 is 11.8 Å². The number of nitrogens with one attached hydrogen (secondary N) is 1. The SMILES string of the molecule is O=C(CSc1cccc[n+]1[O-])Nc1ccc(F)cc1[N+](=O)[O-]. The molecule has 1 aromatic carbocycles. The molecule has 1 N–H and O–H groups in total. The van der Waals surface area contributed by atoms with Crippen molar-refractivity contribution in [1.29, 1.82) is 0 Å². The minimum atomic E-state index is -0.783. The van der Waals surface area contributed by atoms with Crippen molar-refractivity contribution in [2.45, 2.75) is 5.03 Å². The summed E-state index contributed by atoms with van der Waals surface area (Å²) in [6.07, 6.45) is 1.30. The van der Waals surface area contributed by atoms with E-state index in [2.05, 4.69) is 5.32 Å². The van der Waals surface area contributed by atoms with Gasteiger partial charge in [-0.15, -0.1) is 0 Å². The van der Waals surface area contributed by atoms with Crippen LogP contribution in [-0.4, -0.2) is 16.6 Å². The number of nitro groups is 1. The fourth-order valence-corrected chi connectivity index (χ4v) is 2.33. The number of thioether (sulfide) groups is 1. The first-order valence-electron chi connectivity index (χ1n) is 6.02. The number of halogens is 1. The average Bonchev–Trinajstić information content (AvgIpc) is 2.48. The number of anilines is 1.